The first kappa shape index (κ1) is 8.29. The van der Waals surface area contributed by atoms with Crippen LogP contribution < -0.4 is 5.73 Å². The lowest BCUT2D eigenvalue weighted by Gasteiger charge is -2.36. The zero-order chi connectivity index (χ0) is 8.32. The Hall–Kier alpha value is -0.810. The van der Waals surface area contributed by atoms with Gasteiger partial charge >= 0.3 is 0 Å². The fourth-order valence-electron chi connectivity index (χ4n) is 1.27. The van der Waals surface area contributed by atoms with Gasteiger partial charge in [-0.2, -0.15) is 0 Å². The van der Waals surface area contributed by atoms with E-state index in [-0.39, 0.29) is 5.78 Å². The van der Waals surface area contributed by atoms with Gasteiger partial charge in [-0.15, -0.1) is 12.3 Å². The third kappa shape index (κ3) is 1.61. The molecule has 0 spiro atoms. The number of terminal acetylenes is 1. The fraction of sp³-hybridized carbons (Fsp3) is 0.667. The van der Waals surface area contributed by atoms with E-state index in [1.165, 1.54) is 0 Å². The molecule has 2 nitrogen and oxygen atoms in total. The van der Waals surface area contributed by atoms with Gasteiger partial charge in [-0.3, -0.25) is 4.79 Å². The van der Waals surface area contributed by atoms with Crippen LogP contribution in [-0.2, 0) is 4.79 Å². The van der Waals surface area contributed by atoms with Crippen LogP contribution in [0.5, 0.6) is 0 Å². The molecule has 0 aromatic carbocycles. The lowest BCUT2D eigenvalue weighted by atomic mass is 9.73. The Labute approximate surface area is 67.2 Å². The summed E-state index contributed by atoms with van der Waals surface area (Å²) in [6.45, 7) is 0. The first-order valence-corrected chi connectivity index (χ1v) is 3.95. The third-order valence-corrected chi connectivity index (χ3v) is 2.30. The lowest BCUT2D eigenvalue weighted by molar-refractivity contribution is -0.126. The molecule has 1 saturated carbocycles. The van der Waals surface area contributed by atoms with Crippen LogP contribution in [0.25, 0.3) is 0 Å². The van der Waals surface area contributed by atoms with Crippen molar-refractivity contribution < 1.29 is 4.79 Å². The van der Waals surface area contributed by atoms with Crippen molar-refractivity contribution in [3.8, 4) is 12.3 Å². The summed E-state index contributed by atoms with van der Waals surface area (Å²) in [5.74, 6) is 2.58. The van der Waals surface area contributed by atoms with Crippen LogP contribution in [0.2, 0.25) is 0 Å². The number of hydrogen-bond donors (Lipinski definition) is 1. The van der Waals surface area contributed by atoms with Gasteiger partial charge < -0.3 is 5.73 Å². The maximum absolute atomic E-state index is 11.3. The van der Waals surface area contributed by atoms with Gasteiger partial charge in [0.1, 0.15) is 0 Å². The summed E-state index contributed by atoms with van der Waals surface area (Å²) in [4.78, 5) is 11.3. The molecule has 0 unspecified atom stereocenters. The summed E-state index contributed by atoms with van der Waals surface area (Å²) in [6.07, 6.45) is 8.78. The minimum Gasteiger partial charge on any atom is -0.319 e. The molecule has 0 atom stereocenters. The second kappa shape index (κ2) is 3.06. The summed E-state index contributed by atoms with van der Waals surface area (Å²) >= 11 is 0. The van der Waals surface area contributed by atoms with E-state index in [4.69, 9.17) is 12.2 Å². The first-order chi connectivity index (χ1) is 5.19. The van der Waals surface area contributed by atoms with Crippen molar-refractivity contribution in [3.05, 3.63) is 0 Å². The Balaban J connectivity index is 2.36. The zero-order valence-corrected chi connectivity index (χ0v) is 6.60. The quantitative estimate of drug-likeness (QED) is 0.608. The zero-order valence-electron chi connectivity index (χ0n) is 6.60. The van der Waals surface area contributed by atoms with Crippen LogP contribution in [0, 0.1) is 12.3 Å². The Bertz CT molecular complexity index is 198. The Kier molecular flexibility index (Phi) is 2.31. The van der Waals surface area contributed by atoms with Gasteiger partial charge in [0.25, 0.3) is 0 Å². The van der Waals surface area contributed by atoms with E-state index in [1.807, 2.05) is 0 Å². The molecule has 0 radical (unpaired) electrons. The minimum atomic E-state index is -0.503. The highest BCUT2D eigenvalue weighted by Crippen LogP contribution is 2.30. The molecule has 1 aliphatic carbocycles. The van der Waals surface area contributed by atoms with Crippen molar-refractivity contribution in [1.82, 2.24) is 0 Å². The van der Waals surface area contributed by atoms with Crippen LogP contribution in [0.4, 0.5) is 0 Å². The molecular formula is C9H13NO. The maximum atomic E-state index is 11.3. The molecular weight excluding hydrogens is 138 g/mol. The second-order valence-corrected chi connectivity index (χ2v) is 3.14. The monoisotopic (exact) mass is 151 g/mol. The molecule has 0 amide bonds. The lowest BCUT2D eigenvalue weighted by Crippen LogP contribution is -2.53. The Morgan fingerprint density at radius 3 is 2.64 bits per heavy atom. The topological polar surface area (TPSA) is 43.1 Å². The number of rotatable bonds is 3. The average molecular weight is 151 g/mol. The molecule has 0 heterocycles. The third-order valence-electron chi connectivity index (χ3n) is 2.30. The molecule has 1 rings (SSSR count). The molecule has 0 aromatic heterocycles. The molecule has 0 bridgehead atoms. The van der Waals surface area contributed by atoms with E-state index in [1.54, 1.807) is 0 Å². The van der Waals surface area contributed by atoms with E-state index < -0.39 is 5.54 Å². The summed E-state index contributed by atoms with van der Waals surface area (Å²) in [5, 5.41) is 0. The Morgan fingerprint density at radius 2 is 2.27 bits per heavy atom. The second-order valence-electron chi connectivity index (χ2n) is 3.14. The molecule has 1 fully saturated rings. The normalized spacial score (nSPS) is 20.0. The van der Waals surface area contributed by atoms with E-state index >= 15 is 0 Å². The maximum Gasteiger partial charge on any atom is 0.153 e. The Morgan fingerprint density at radius 1 is 1.64 bits per heavy atom. The standard InChI is InChI=1S/C9H13NO/c1-2-3-5-8(11)9(10)6-4-7-9/h1H,3-7,10H2. The van der Waals surface area contributed by atoms with Crippen LogP contribution >= 0.6 is 0 Å². The van der Waals surface area contributed by atoms with Crippen molar-refractivity contribution in [2.75, 3.05) is 0 Å². The van der Waals surface area contributed by atoms with Gasteiger partial charge in [-0.05, 0) is 19.3 Å². The molecule has 2 heteroatoms. The van der Waals surface area contributed by atoms with Gasteiger partial charge in [-0.25, -0.2) is 0 Å². The number of carbonyl (C=O) groups is 1. The number of hydrogen-bond acceptors (Lipinski definition) is 2. The summed E-state index contributed by atoms with van der Waals surface area (Å²) < 4.78 is 0. The number of Topliss-reactive ketones (excluding diaryl/α,β-unsaturated/α-hetero) is 1. The summed E-state index contributed by atoms with van der Waals surface area (Å²) in [6, 6.07) is 0. The fourth-order valence-corrected chi connectivity index (χ4v) is 1.27. The van der Waals surface area contributed by atoms with Gasteiger partial charge in [0.2, 0.25) is 0 Å². The molecule has 0 aromatic rings. The molecule has 0 saturated heterocycles. The summed E-state index contributed by atoms with van der Waals surface area (Å²) in [5.41, 5.74) is 5.27. The molecule has 1 aliphatic rings. The van der Waals surface area contributed by atoms with Crippen molar-refractivity contribution in [2.24, 2.45) is 5.73 Å². The molecule has 2 N–H and O–H groups in total. The summed E-state index contributed by atoms with van der Waals surface area (Å²) in [7, 11) is 0. The highest BCUT2D eigenvalue weighted by molar-refractivity contribution is 5.89. The number of ketones is 1. The average Bonchev–Trinajstić information content (AvgIpc) is 1.95. The molecule has 11 heavy (non-hydrogen) atoms. The number of nitrogens with two attached hydrogens (primary N) is 1. The van der Waals surface area contributed by atoms with Gasteiger partial charge in [0.05, 0.1) is 5.54 Å². The van der Waals surface area contributed by atoms with Crippen LogP contribution in [0.15, 0.2) is 0 Å². The number of carbonyl (C=O) groups excluding carboxylic acids is 1. The predicted octanol–water partition coefficient (Wildman–Crippen LogP) is 0.850. The molecule has 60 valence electrons. The van der Waals surface area contributed by atoms with Gasteiger partial charge in [0, 0.05) is 12.8 Å². The minimum absolute atomic E-state index is 0.140. The van der Waals surface area contributed by atoms with Crippen LogP contribution in [0.3, 0.4) is 0 Å². The highest BCUT2D eigenvalue weighted by Gasteiger charge is 2.38. The van der Waals surface area contributed by atoms with E-state index in [9.17, 15) is 4.79 Å². The van der Waals surface area contributed by atoms with E-state index in [2.05, 4.69) is 5.92 Å². The smallest absolute Gasteiger partial charge is 0.153 e. The van der Waals surface area contributed by atoms with Crippen molar-refractivity contribution >= 4 is 5.78 Å². The van der Waals surface area contributed by atoms with Gasteiger partial charge in [0.15, 0.2) is 5.78 Å². The van der Waals surface area contributed by atoms with E-state index in [0.29, 0.717) is 12.8 Å². The first-order valence-electron chi connectivity index (χ1n) is 3.95. The largest absolute Gasteiger partial charge is 0.319 e. The van der Waals surface area contributed by atoms with Crippen molar-refractivity contribution in [3.63, 3.8) is 0 Å². The predicted molar refractivity (Wildman–Crippen MR) is 43.8 cm³/mol. The van der Waals surface area contributed by atoms with Crippen molar-refractivity contribution in [1.29, 1.82) is 0 Å². The van der Waals surface area contributed by atoms with Gasteiger partial charge in [-0.1, -0.05) is 0 Å². The highest BCUT2D eigenvalue weighted by atomic mass is 16.1. The van der Waals surface area contributed by atoms with Crippen LogP contribution in [-0.4, -0.2) is 11.3 Å². The van der Waals surface area contributed by atoms with Crippen LogP contribution in [0.1, 0.15) is 32.1 Å². The SMILES string of the molecule is C#CCCC(=O)C1(N)CCC1. The van der Waals surface area contributed by atoms with Crippen molar-refractivity contribution in [2.45, 2.75) is 37.6 Å². The van der Waals surface area contributed by atoms with E-state index in [0.717, 1.165) is 19.3 Å². The molecule has 0 aliphatic heterocycles.